The summed E-state index contributed by atoms with van der Waals surface area (Å²) in [5, 5.41) is 15.5. The molecule has 24 heavy (non-hydrogen) atoms. The van der Waals surface area contributed by atoms with Gasteiger partial charge in [-0.15, -0.1) is 0 Å². The maximum absolute atomic E-state index is 13.2. The molecule has 0 spiro atoms. The average Bonchev–Trinajstić information content (AvgIpc) is 2.99. The summed E-state index contributed by atoms with van der Waals surface area (Å²) in [6.45, 7) is 2.63. The van der Waals surface area contributed by atoms with Gasteiger partial charge < -0.3 is 15.7 Å². The smallest absolute Gasteiger partial charge is 0.237 e. The number of piperidine rings is 1. The summed E-state index contributed by atoms with van der Waals surface area (Å²) in [6.07, 6.45) is 1.66. The van der Waals surface area contributed by atoms with Crippen LogP contribution >= 0.6 is 0 Å². The van der Waals surface area contributed by atoms with Gasteiger partial charge >= 0.3 is 0 Å². The predicted molar refractivity (Wildman–Crippen MR) is 85.2 cm³/mol. The number of nitrogens with one attached hydrogen (secondary N) is 2. The van der Waals surface area contributed by atoms with Crippen LogP contribution in [0.2, 0.25) is 0 Å². The number of β-amino-alcohol motifs (C(OH)–C–C–N with tert-alkyl or cyclic N) is 1. The largest absolute Gasteiger partial charge is 0.392 e. The van der Waals surface area contributed by atoms with Crippen LogP contribution in [0, 0.1) is 11.6 Å². The number of amides is 1. The van der Waals surface area contributed by atoms with Crippen LogP contribution in [0.1, 0.15) is 24.8 Å². The van der Waals surface area contributed by atoms with Gasteiger partial charge in [0.25, 0.3) is 0 Å². The van der Waals surface area contributed by atoms with E-state index in [0.717, 1.165) is 37.6 Å². The van der Waals surface area contributed by atoms with Crippen molar-refractivity contribution in [2.75, 3.05) is 19.6 Å². The van der Waals surface area contributed by atoms with Crippen LogP contribution in [-0.2, 0) is 11.3 Å². The summed E-state index contributed by atoms with van der Waals surface area (Å²) in [5.74, 6) is -1.70. The second kappa shape index (κ2) is 7.55. The Hall–Kier alpha value is -1.57. The quantitative estimate of drug-likeness (QED) is 0.758. The second-order valence-corrected chi connectivity index (χ2v) is 6.66. The highest BCUT2D eigenvalue weighted by atomic mass is 19.2. The molecule has 2 aliphatic heterocycles. The summed E-state index contributed by atoms with van der Waals surface area (Å²) in [4.78, 5) is 14.3. The molecule has 2 heterocycles. The third kappa shape index (κ3) is 4.28. The van der Waals surface area contributed by atoms with Crippen molar-refractivity contribution < 1.29 is 18.7 Å². The topological polar surface area (TPSA) is 64.6 Å². The zero-order valence-corrected chi connectivity index (χ0v) is 13.5. The van der Waals surface area contributed by atoms with Crippen molar-refractivity contribution in [1.82, 2.24) is 15.5 Å². The predicted octanol–water partition coefficient (Wildman–Crippen LogP) is 0.768. The van der Waals surface area contributed by atoms with E-state index in [1.807, 2.05) is 0 Å². The fraction of sp³-hybridized carbons (Fsp3) is 0.588. The van der Waals surface area contributed by atoms with E-state index in [2.05, 4.69) is 15.5 Å². The highest BCUT2D eigenvalue weighted by Crippen LogP contribution is 2.16. The van der Waals surface area contributed by atoms with Gasteiger partial charge in [-0.1, -0.05) is 6.07 Å². The van der Waals surface area contributed by atoms with Crippen LogP contribution in [0.15, 0.2) is 18.2 Å². The molecule has 0 saturated carbocycles. The van der Waals surface area contributed by atoms with Gasteiger partial charge in [-0.05, 0) is 37.0 Å². The van der Waals surface area contributed by atoms with Crippen molar-refractivity contribution in [3.8, 4) is 0 Å². The summed E-state index contributed by atoms with van der Waals surface area (Å²) < 4.78 is 26.2. The molecular weight excluding hydrogens is 316 g/mol. The SMILES string of the molecule is O=C(NC1CCN(Cc2ccc(F)c(F)c2)CC1)[C@H]1C[C@@H](O)CN1. The molecule has 0 aliphatic carbocycles. The normalized spacial score (nSPS) is 25.8. The Morgan fingerprint density at radius 3 is 2.67 bits per heavy atom. The van der Waals surface area contributed by atoms with E-state index in [4.69, 9.17) is 0 Å². The number of hydrogen-bond acceptors (Lipinski definition) is 4. The van der Waals surface area contributed by atoms with E-state index in [1.54, 1.807) is 6.07 Å². The first kappa shape index (κ1) is 17.3. The lowest BCUT2D eigenvalue weighted by atomic mass is 10.0. The minimum absolute atomic E-state index is 0.0504. The number of carbonyl (C=O) groups is 1. The van der Waals surface area contributed by atoms with Crippen molar-refractivity contribution in [2.45, 2.75) is 44.0 Å². The number of benzene rings is 1. The number of rotatable bonds is 4. The number of nitrogens with zero attached hydrogens (tertiary/aromatic N) is 1. The number of carbonyl (C=O) groups excluding carboxylic acids is 1. The van der Waals surface area contributed by atoms with E-state index in [9.17, 15) is 18.7 Å². The Labute approximate surface area is 140 Å². The van der Waals surface area contributed by atoms with E-state index < -0.39 is 17.7 Å². The number of halogens is 2. The number of hydrogen-bond donors (Lipinski definition) is 3. The van der Waals surface area contributed by atoms with Crippen LogP contribution in [0.3, 0.4) is 0 Å². The van der Waals surface area contributed by atoms with Gasteiger partial charge in [0.05, 0.1) is 12.1 Å². The number of likely N-dealkylation sites (tertiary alicyclic amines) is 1. The highest BCUT2D eigenvalue weighted by Gasteiger charge is 2.30. The molecule has 2 saturated heterocycles. The van der Waals surface area contributed by atoms with Crippen molar-refractivity contribution in [1.29, 1.82) is 0 Å². The molecular formula is C17H23F2N3O2. The zero-order valence-electron chi connectivity index (χ0n) is 13.5. The molecule has 0 radical (unpaired) electrons. The lowest BCUT2D eigenvalue weighted by Crippen LogP contribution is -2.49. The molecule has 3 N–H and O–H groups in total. The Bertz CT molecular complexity index is 591. The van der Waals surface area contributed by atoms with Gasteiger partial charge in [0, 0.05) is 32.2 Å². The molecule has 0 aromatic heterocycles. The van der Waals surface area contributed by atoms with Crippen LogP contribution in [-0.4, -0.2) is 53.7 Å². The molecule has 7 heteroatoms. The Morgan fingerprint density at radius 1 is 1.29 bits per heavy atom. The maximum Gasteiger partial charge on any atom is 0.237 e. The van der Waals surface area contributed by atoms with Crippen LogP contribution < -0.4 is 10.6 Å². The molecule has 1 aromatic rings. The van der Waals surface area contributed by atoms with Crippen LogP contribution in [0.4, 0.5) is 8.78 Å². The fourth-order valence-electron chi connectivity index (χ4n) is 3.35. The van der Waals surface area contributed by atoms with Gasteiger partial charge in [-0.3, -0.25) is 9.69 Å². The van der Waals surface area contributed by atoms with E-state index in [0.29, 0.717) is 19.5 Å². The van der Waals surface area contributed by atoms with Crippen molar-refractivity contribution in [3.05, 3.63) is 35.4 Å². The molecule has 2 aliphatic rings. The maximum atomic E-state index is 13.2. The highest BCUT2D eigenvalue weighted by molar-refractivity contribution is 5.82. The lowest BCUT2D eigenvalue weighted by molar-refractivity contribution is -0.124. The Balaban J connectivity index is 1.43. The molecule has 3 rings (SSSR count). The third-order valence-corrected chi connectivity index (χ3v) is 4.75. The van der Waals surface area contributed by atoms with Crippen LogP contribution in [0.5, 0.6) is 0 Å². The molecule has 1 amide bonds. The van der Waals surface area contributed by atoms with E-state index in [1.165, 1.54) is 6.07 Å². The van der Waals surface area contributed by atoms with Gasteiger partial charge in [-0.2, -0.15) is 0 Å². The first-order valence-corrected chi connectivity index (χ1v) is 8.39. The average molecular weight is 339 g/mol. The standard InChI is InChI=1S/C17H23F2N3O2/c18-14-2-1-11(7-15(14)19)10-22-5-3-12(4-6-22)21-17(24)16-8-13(23)9-20-16/h1-2,7,12-13,16,20,23H,3-6,8-10H2,(H,21,24)/t13-,16-/m1/s1. The van der Waals surface area contributed by atoms with E-state index >= 15 is 0 Å². The minimum atomic E-state index is -0.828. The summed E-state index contributed by atoms with van der Waals surface area (Å²) in [6, 6.07) is 3.81. The van der Waals surface area contributed by atoms with Crippen LogP contribution in [0.25, 0.3) is 0 Å². The summed E-state index contributed by atoms with van der Waals surface area (Å²) in [5.41, 5.74) is 0.750. The first-order chi connectivity index (χ1) is 11.5. The third-order valence-electron chi connectivity index (χ3n) is 4.75. The van der Waals surface area contributed by atoms with Gasteiger partial charge in [-0.25, -0.2) is 8.78 Å². The summed E-state index contributed by atoms with van der Waals surface area (Å²) >= 11 is 0. The molecule has 5 nitrogen and oxygen atoms in total. The molecule has 2 fully saturated rings. The van der Waals surface area contributed by atoms with Gasteiger partial charge in [0.1, 0.15) is 0 Å². The molecule has 1 aromatic carbocycles. The van der Waals surface area contributed by atoms with Crippen molar-refractivity contribution in [2.24, 2.45) is 0 Å². The molecule has 132 valence electrons. The second-order valence-electron chi connectivity index (χ2n) is 6.66. The van der Waals surface area contributed by atoms with Crippen molar-refractivity contribution in [3.63, 3.8) is 0 Å². The van der Waals surface area contributed by atoms with Gasteiger partial charge in [0.15, 0.2) is 11.6 Å². The number of aliphatic hydroxyl groups excluding tert-OH is 1. The molecule has 2 atom stereocenters. The molecule has 0 unspecified atom stereocenters. The number of aliphatic hydroxyl groups is 1. The van der Waals surface area contributed by atoms with Gasteiger partial charge in [0.2, 0.25) is 5.91 Å². The zero-order chi connectivity index (χ0) is 17.1. The fourth-order valence-corrected chi connectivity index (χ4v) is 3.35. The monoisotopic (exact) mass is 339 g/mol. The Morgan fingerprint density at radius 2 is 2.04 bits per heavy atom. The lowest BCUT2D eigenvalue weighted by Gasteiger charge is -2.32. The molecule has 0 bridgehead atoms. The van der Waals surface area contributed by atoms with Crippen molar-refractivity contribution >= 4 is 5.91 Å². The minimum Gasteiger partial charge on any atom is -0.392 e. The summed E-state index contributed by atoms with van der Waals surface area (Å²) in [7, 11) is 0. The first-order valence-electron chi connectivity index (χ1n) is 8.39. The van der Waals surface area contributed by atoms with E-state index in [-0.39, 0.29) is 18.0 Å². The Kier molecular flexibility index (Phi) is 5.43.